The lowest BCUT2D eigenvalue weighted by Gasteiger charge is -2.18. The third-order valence-corrected chi connectivity index (χ3v) is 6.19. The van der Waals surface area contributed by atoms with Crippen LogP contribution in [0.4, 0.5) is 5.69 Å². The van der Waals surface area contributed by atoms with Crippen molar-refractivity contribution < 1.29 is 19.4 Å². The predicted octanol–water partition coefficient (Wildman–Crippen LogP) is 5.31. The van der Waals surface area contributed by atoms with Crippen LogP contribution >= 0.6 is 0 Å². The molecule has 1 heterocycles. The molecule has 0 aliphatic heterocycles. The number of para-hydroxylation sites is 1. The number of aromatic nitrogens is 1. The molecular formula is C30H33N3O4. The van der Waals surface area contributed by atoms with Crippen molar-refractivity contribution in [2.75, 3.05) is 18.5 Å². The normalized spacial score (nSPS) is 11.8. The van der Waals surface area contributed by atoms with Gasteiger partial charge in [0.2, 0.25) is 5.91 Å². The first-order chi connectivity index (χ1) is 18.0. The standard InChI is InChI=1S/C30H33N3O4/c1-3-15-37-29-14-12-22(21-7-6-8-24(16-21)32-20(2)35)17-27(29)30(36)33-25(19-34)13-11-23-18-31-28-10-5-4-9-26(23)28/h4-10,12,14,16-18,25,31,34H,3,11,13,15,19H2,1-2H3,(H,32,35)(H,33,36)/t25-/m1/s1. The van der Waals surface area contributed by atoms with Crippen molar-refractivity contribution in [1.29, 1.82) is 0 Å². The van der Waals surface area contributed by atoms with Gasteiger partial charge in [0.25, 0.3) is 5.91 Å². The molecule has 7 heteroatoms. The van der Waals surface area contributed by atoms with Crippen molar-refractivity contribution in [2.45, 2.75) is 39.2 Å². The Kier molecular flexibility index (Phi) is 8.59. The first kappa shape index (κ1) is 26.0. The number of H-pyrrole nitrogens is 1. The molecule has 7 nitrogen and oxygen atoms in total. The molecule has 0 fully saturated rings. The van der Waals surface area contributed by atoms with E-state index in [4.69, 9.17) is 4.74 Å². The number of hydrogen-bond acceptors (Lipinski definition) is 4. The van der Waals surface area contributed by atoms with Gasteiger partial charge in [0.15, 0.2) is 0 Å². The first-order valence-corrected chi connectivity index (χ1v) is 12.6. The van der Waals surface area contributed by atoms with Crippen LogP contribution in [0.2, 0.25) is 0 Å². The number of aromatic amines is 1. The number of aryl methyl sites for hydroxylation is 1. The lowest BCUT2D eigenvalue weighted by atomic mass is 10.0. The Morgan fingerprint density at radius 2 is 1.84 bits per heavy atom. The molecule has 192 valence electrons. The molecule has 4 N–H and O–H groups in total. The molecule has 1 atom stereocenters. The highest BCUT2D eigenvalue weighted by atomic mass is 16.5. The summed E-state index contributed by atoms with van der Waals surface area (Å²) in [5, 5.41) is 16.9. The Balaban J connectivity index is 1.53. The number of hydrogen-bond donors (Lipinski definition) is 4. The molecule has 2 amide bonds. The van der Waals surface area contributed by atoms with Gasteiger partial charge in [-0.15, -0.1) is 0 Å². The summed E-state index contributed by atoms with van der Waals surface area (Å²) < 4.78 is 5.87. The molecule has 0 aliphatic carbocycles. The zero-order valence-electron chi connectivity index (χ0n) is 21.2. The van der Waals surface area contributed by atoms with E-state index in [0.29, 0.717) is 36.4 Å². The molecule has 0 radical (unpaired) electrons. The molecule has 3 aromatic carbocycles. The summed E-state index contributed by atoms with van der Waals surface area (Å²) in [6.45, 7) is 3.79. The number of benzene rings is 3. The summed E-state index contributed by atoms with van der Waals surface area (Å²) in [6.07, 6.45) is 4.10. The van der Waals surface area contributed by atoms with Crippen LogP contribution in [-0.2, 0) is 11.2 Å². The maximum absolute atomic E-state index is 13.4. The summed E-state index contributed by atoms with van der Waals surface area (Å²) in [5.74, 6) is 0.0431. The minimum atomic E-state index is -0.410. The van der Waals surface area contributed by atoms with Crippen molar-refractivity contribution in [2.24, 2.45) is 0 Å². The number of aliphatic hydroxyl groups excluding tert-OH is 1. The SMILES string of the molecule is CCCOc1ccc(-c2cccc(NC(C)=O)c2)cc1C(=O)N[C@@H](CO)CCc1c[nH]c2ccccc12. The van der Waals surface area contributed by atoms with E-state index in [-0.39, 0.29) is 18.4 Å². The smallest absolute Gasteiger partial charge is 0.255 e. The molecular weight excluding hydrogens is 466 g/mol. The molecule has 0 spiro atoms. The highest BCUT2D eigenvalue weighted by molar-refractivity contribution is 5.98. The van der Waals surface area contributed by atoms with E-state index in [1.54, 1.807) is 12.1 Å². The number of aliphatic hydroxyl groups is 1. The van der Waals surface area contributed by atoms with Crippen LogP contribution in [-0.4, -0.2) is 41.2 Å². The number of fused-ring (bicyclic) bond motifs is 1. The fourth-order valence-electron chi connectivity index (χ4n) is 4.35. The van der Waals surface area contributed by atoms with Crippen LogP contribution < -0.4 is 15.4 Å². The second kappa shape index (κ2) is 12.2. The van der Waals surface area contributed by atoms with Crippen LogP contribution in [0.25, 0.3) is 22.0 Å². The van der Waals surface area contributed by atoms with Crippen LogP contribution in [0.5, 0.6) is 5.75 Å². The van der Waals surface area contributed by atoms with Crippen LogP contribution in [0.1, 0.15) is 42.6 Å². The van der Waals surface area contributed by atoms with E-state index in [9.17, 15) is 14.7 Å². The zero-order chi connectivity index (χ0) is 26.2. The van der Waals surface area contributed by atoms with Crippen molar-refractivity contribution in [3.63, 3.8) is 0 Å². The Bertz CT molecular complexity index is 1380. The number of nitrogens with one attached hydrogen (secondary N) is 3. The second-order valence-corrected chi connectivity index (χ2v) is 9.07. The van der Waals surface area contributed by atoms with Gasteiger partial charge in [-0.1, -0.05) is 43.3 Å². The molecule has 0 saturated carbocycles. The number of amides is 2. The van der Waals surface area contributed by atoms with E-state index in [2.05, 4.69) is 21.7 Å². The van der Waals surface area contributed by atoms with Gasteiger partial charge in [-0.3, -0.25) is 9.59 Å². The maximum atomic E-state index is 13.4. The monoisotopic (exact) mass is 499 g/mol. The highest BCUT2D eigenvalue weighted by Crippen LogP contribution is 2.29. The number of ether oxygens (including phenoxy) is 1. The minimum absolute atomic E-state index is 0.150. The van der Waals surface area contributed by atoms with E-state index < -0.39 is 6.04 Å². The molecule has 0 aliphatic rings. The van der Waals surface area contributed by atoms with Crippen molar-refractivity contribution >= 4 is 28.4 Å². The fourth-order valence-corrected chi connectivity index (χ4v) is 4.35. The molecule has 0 bridgehead atoms. The Labute approximate surface area is 216 Å². The molecule has 1 aromatic heterocycles. The van der Waals surface area contributed by atoms with E-state index in [1.165, 1.54) is 6.92 Å². The largest absolute Gasteiger partial charge is 0.493 e. The van der Waals surface area contributed by atoms with Crippen LogP contribution in [0.3, 0.4) is 0 Å². The van der Waals surface area contributed by atoms with Gasteiger partial charge >= 0.3 is 0 Å². The fraction of sp³-hybridized carbons (Fsp3) is 0.267. The molecule has 4 rings (SSSR count). The molecule has 4 aromatic rings. The van der Waals surface area contributed by atoms with Gasteiger partial charge in [-0.05, 0) is 66.3 Å². The minimum Gasteiger partial charge on any atom is -0.493 e. The topological polar surface area (TPSA) is 103 Å². The van der Waals surface area contributed by atoms with Crippen LogP contribution in [0, 0.1) is 0 Å². The average molecular weight is 500 g/mol. The van der Waals surface area contributed by atoms with Gasteiger partial charge in [-0.25, -0.2) is 0 Å². The third-order valence-electron chi connectivity index (χ3n) is 6.19. The van der Waals surface area contributed by atoms with Gasteiger partial charge in [0.05, 0.1) is 24.8 Å². The number of rotatable bonds is 11. The molecule has 0 saturated heterocycles. The molecule has 37 heavy (non-hydrogen) atoms. The maximum Gasteiger partial charge on any atom is 0.255 e. The number of anilines is 1. The number of carbonyl (C=O) groups is 2. The van der Waals surface area contributed by atoms with Crippen molar-refractivity contribution in [1.82, 2.24) is 10.3 Å². The quantitative estimate of drug-likeness (QED) is 0.225. The summed E-state index contributed by atoms with van der Waals surface area (Å²) in [6, 6.07) is 20.6. The zero-order valence-corrected chi connectivity index (χ0v) is 21.2. The van der Waals surface area contributed by atoms with Gasteiger partial charge in [0, 0.05) is 29.7 Å². The van der Waals surface area contributed by atoms with Gasteiger partial charge in [-0.2, -0.15) is 0 Å². The van der Waals surface area contributed by atoms with Gasteiger partial charge in [0.1, 0.15) is 5.75 Å². The Morgan fingerprint density at radius 3 is 2.62 bits per heavy atom. The Hall–Kier alpha value is -4.10. The van der Waals surface area contributed by atoms with Crippen molar-refractivity contribution in [3.8, 4) is 16.9 Å². The average Bonchev–Trinajstić information content (AvgIpc) is 3.32. The van der Waals surface area contributed by atoms with Gasteiger partial charge < -0.3 is 25.5 Å². The predicted molar refractivity (Wildman–Crippen MR) is 147 cm³/mol. The lowest BCUT2D eigenvalue weighted by Crippen LogP contribution is -2.38. The van der Waals surface area contributed by atoms with E-state index in [1.807, 2.05) is 61.7 Å². The van der Waals surface area contributed by atoms with E-state index in [0.717, 1.165) is 34.0 Å². The third kappa shape index (κ3) is 6.57. The highest BCUT2D eigenvalue weighted by Gasteiger charge is 2.19. The molecule has 0 unspecified atom stereocenters. The summed E-state index contributed by atoms with van der Waals surface area (Å²) in [7, 11) is 0. The summed E-state index contributed by atoms with van der Waals surface area (Å²) >= 11 is 0. The lowest BCUT2D eigenvalue weighted by molar-refractivity contribution is -0.114. The Morgan fingerprint density at radius 1 is 1.03 bits per heavy atom. The van der Waals surface area contributed by atoms with E-state index >= 15 is 0 Å². The first-order valence-electron chi connectivity index (χ1n) is 12.6. The number of carbonyl (C=O) groups excluding carboxylic acids is 2. The summed E-state index contributed by atoms with van der Waals surface area (Å²) in [4.78, 5) is 28.1. The second-order valence-electron chi connectivity index (χ2n) is 9.07. The summed E-state index contributed by atoms with van der Waals surface area (Å²) in [5.41, 5.74) is 4.98. The van der Waals surface area contributed by atoms with Crippen molar-refractivity contribution in [3.05, 3.63) is 84.1 Å². The van der Waals surface area contributed by atoms with Crippen LogP contribution in [0.15, 0.2) is 72.9 Å².